The Morgan fingerprint density at radius 2 is 1.88 bits per heavy atom. The second-order valence-corrected chi connectivity index (χ2v) is 9.54. The number of non-ortho nitro benzene ring substituents is 1. The van der Waals surface area contributed by atoms with Gasteiger partial charge in [0.05, 0.1) is 16.2 Å². The molecule has 32 heavy (non-hydrogen) atoms. The maximum Gasteiger partial charge on any atom is 0.407 e. The molecule has 0 radical (unpaired) electrons. The Hall–Kier alpha value is -3.07. The number of nitro benzene ring substituents is 1. The van der Waals surface area contributed by atoms with Gasteiger partial charge in [-0.15, -0.1) is 0 Å². The van der Waals surface area contributed by atoms with Crippen molar-refractivity contribution in [2.75, 3.05) is 18.0 Å². The first kappa shape index (κ1) is 23.6. The van der Waals surface area contributed by atoms with Crippen LogP contribution < -0.4 is 10.2 Å². The lowest BCUT2D eigenvalue weighted by molar-refractivity contribution is -0.385. The minimum Gasteiger partial charge on any atom is -0.444 e. The number of rotatable bonds is 7. The van der Waals surface area contributed by atoms with Gasteiger partial charge in [-0.1, -0.05) is 23.9 Å². The molecule has 1 N–H and O–H groups in total. The fraction of sp³-hybridized carbons (Fsp3) is 0.391. The molecule has 170 valence electrons. The molecule has 9 heteroatoms. The molecule has 0 saturated heterocycles. The first-order chi connectivity index (χ1) is 15.2. The van der Waals surface area contributed by atoms with Crippen LogP contribution in [-0.2, 0) is 4.74 Å². The molecule has 2 aromatic rings. The summed E-state index contributed by atoms with van der Waals surface area (Å²) in [6, 6.07) is 11.9. The summed E-state index contributed by atoms with van der Waals surface area (Å²) >= 11 is 1.37. The summed E-state index contributed by atoms with van der Waals surface area (Å²) in [4.78, 5) is 38.9. The minimum atomic E-state index is -0.534. The zero-order chi connectivity index (χ0) is 23.3. The number of carbonyl (C=O) groups excluding carboxylic acids is 2. The van der Waals surface area contributed by atoms with E-state index in [-0.39, 0.29) is 11.6 Å². The maximum absolute atomic E-state index is 13.3. The molecule has 2 aromatic carbocycles. The summed E-state index contributed by atoms with van der Waals surface area (Å²) in [7, 11) is 0. The molecule has 1 aliphatic heterocycles. The predicted octanol–water partition coefficient (Wildman–Crippen LogP) is 5.40. The van der Waals surface area contributed by atoms with Crippen molar-refractivity contribution in [3.63, 3.8) is 0 Å². The molecule has 0 atom stereocenters. The molecule has 0 bridgehead atoms. The van der Waals surface area contributed by atoms with Crippen molar-refractivity contribution in [3.05, 3.63) is 58.1 Å². The highest BCUT2D eigenvalue weighted by molar-refractivity contribution is 7.99. The molecule has 0 fully saturated rings. The van der Waals surface area contributed by atoms with Gasteiger partial charge in [0.2, 0.25) is 0 Å². The SMILES string of the molecule is CC(C)(C)OC(=O)NCCCCCN1C(=O)c2ccccc2Sc2cc([N+](=O)[O-])ccc21. The summed E-state index contributed by atoms with van der Waals surface area (Å²) in [5.41, 5.74) is 0.724. The summed E-state index contributed by atoms with van der Waals surface area (Å²) in [5.74, 6) is -0.118. The highest BCUT2D eigenvalue weighted by Gasteiger charge is 2.28. The number of amides is 2. The number of nitro groups is 1. The van der Waals surface area contributed by atoms with Gasteiger partial charge in [-0.25, -0.2) is 4.79 Å². The molecule has 3 rings (SSSR count). The Bertz CT molecular complexity index is 1020. The second kappa shape index (κ2) is 10.0. The lowest BCUT2D eigenvalue weighted by Gasteiger charge is -2.23. The molecule has 0 saturated carbocycles. The topological polar surface area (TPSA) is 102 Å². The third-order valence-corrected chi connectivity index (χ3v) is 5.88. The lowest BCUT2D eigenvalue weighted by Crippen LogP contribution is -2.33. The van der Waals surface area contributed by atoms with Crippen LogP contribution in [0.15, 0.2) is 52.3 Å². The molecular weight excluding hydrogens is 430 g/mol. The summed E-state index contributed by atoms with van der Waals surface area (Å²) < 4.78 is 5.21. The van der Waals surface area contributed by atoms with E-state index in [0.29, 0.717) is 29.2 Å². The fourth-order valence-corrected chi connectivity index (χ4v) is 4.44. The van der Waals surface area contributed by atoms with E-state index in [1.807, 2.05) is 39.0 Å². The molecule has 1 heterocycles. The van der Waals surface area contributed by atoms with Gasteiger partial charge in [0, 0.05) is 35.0 Å². The van der Waals surface area contributed by atoms with Crippen LogP contribution in [0, 0.1) is 10.1 Å². The van der Waals surface area contributed by atoms with Gasteiger partial charge in [-0.2, -0.15) is 0 Å². The quantitative estimate of drug-likeness (QED) is 0.339. The largest absolute Gasteiger partial charge is 0.444 e. The normalized spacial score (nSPS) is 13.1. The average Bonchev–Trinajstić information content (AvgIpc) is 2.83. The number of ether oxygens (including phenoxy) is 1. The first-order valence-corrected chi connectivity index (χ1v) is 11.3. The van der Waals surface area contributed by atoms with Crippen LogP contribution in [0.1, 0.15) is 50.4 Å². The van der Waals surface area contributed by atoms with Crippen molar-refractivity contribution in [1.29, 1.82) is 0 Å². The standard InChI is InChI=1S/C23H27N3O5S/c1-23(2,3)31-22(28)24-13-7-4-8-14-25-18-12-11-16(26(29)30)15-20(18)32-19-10-6-5-9-17(19)21(25)27/h5-6,9-12,15H,4,7-8,13-14H2,1-3H3,(H,24,28). The van der Waals surface area contributed by atoms with Crippen molar-refractivity contribution in [2.45, 2.75) is 55.4 Å². The Kier molecular flexibility index (Phi) is 7.40. The third kappa shape index (κ3) is 6.00. The number of fused-ring (bicyclic) bond motifs is 2. The molecule has 8 nitrogen and oxygen atoms in total. The van der Waals surface area contributed by atoms with Gasteiger partial charge >= 0.3 is 6.09 Å². The molecule has 0 aromatic heterocycles. The Morgan fingerprint density at radius 1 is 1.12 bits per heavy atom. The number of hydrogen-bond donors (Lipinski definition) is 1. The third-order valence-electron chi connectivity index (χ3n) is 4.75. The van der Waals surface area contributed by atoms with Gasteiger partial charge in [-0.05, 0) is 58.2 Å². The van der Waals surface area contributed by atoms with Crippen LogP contribution in [-0.4, -0.2) is 35.6 Å². The average molecular weight is 458 g/mol. The number of benzene rings is 2. The van der Waals surface area contributed by atoms with E-state index in [1.54, 1.807) is 17.0 Å². The first-order valence-electron chi connectivity index (χ1n) is 10.5. The number of nitrogens with one attached hydrogen (secondary N) is 1. The Labute approximate surface area is 191 Å². The van der Waals surface area contributed by atoms with Gasteiger partial charge in [0.25, 0.3) is 11.6 Å². The van der Waals surface area contributed by atoms with Crippen LogP contribution in [0.4, 0.5) is 16.2 Å². The predicted molar refractivity (Wildman–Crippen MR) is 123 cm³/mol. The minimum absolute atomic E-state index is 0.00347. The molecule has 1 aliphatic rings. The number of carbonyl (C=O) groups is 2. The second-order valence-electron chi connectivity index (χ2n) is 8.45. The van der Waals surface area contributed by atoms with Gasteiger partial charge in [-0.3, -0.25) is 14.9 Å². The van der Waals surface area contributed by atoms with E-state index in [4.69, 9.17) is 4.74 Å². The van der Waals surface area contributed by atoms with Crippen LogP contribution in [0.5, 0.6) is 0 Å². The highest BCUT2D eigenvalue weighted by atomic mass is 32.2. The van der Waals surface area contributed by atoms with E-state index in [0.717, 1.165) is 24.2 Å². The number of anilines is 1. The molecule has 0 aliphatic carbocycles. The summed E-state index contributed by atoms with van der Waals surface area (Å²) in [6.07, 6.45) is 1.84. The van der Waals surface area contributed by atoms with Crippen molar-refractivity contribution in [1.82, 2.24) is 5.32 Å². The summed E-state index contributed by atoms with van der Waals surface area (Å²) in [6.45, 7) is 6.41. The number of hydrogen-bond acceptors (Lipinski definition) is 6. The summed E-state index contributed by atoms with van der Waals surface area (Å²) in [5, 5.41) is 14.0. The van der Waals surface area contributed by atoms with Crippen molar-refractivity contribution < 1.29 is 19.2 Å². The number of unbranched alkanes of at least 4 members (excludes halogenated alkanes) is 2. The van der Waals surface area contributed by atoms with Crippen LogP contribution in [0.3, 0.4) is 0 Å². The van der Waals surface area contributed by atoms with E-state index < -0.39 is 16.6 Å². The van der Waals surface area contributed by atoms with Crippen LogP contribution in [0.2, 0.25) is 0 Å². The van der Waals surface area contributed by atoms with Crippen molar-refractivity contribution in [2.24, 2.45) is 0 Å². The van der Waals surface area contributed by atoms with E-state index in [9.17, 15) is 19.7 Å². The molecular formula is C23H27N3O5S. The maximum atomic E-state index is 13.3. The number of nitrogens with zero attached hydrogens (tertiary/aromatic N) is 2. The lowest BCUT2D eigenvalue weighted by atomic mass is 10.1. The zero-order valence-electron chi connectivity index (χ0n) is 18.4. The smallest absolute Gasteiger partial charge is 0.407 e. The monoisotopic (exact) mass is 457 g/mol. The Balaban J connectivity index is 1.66. The highest BCUT2D eigenvalue weighted by Crippen LogP contribution is 2.42. The molecule has 0 unspecified atom stereocenters. The van der Waals surface area contributed by atoms with Crippen LogP contribution in [0.25, 0.3) is 0 Å². The van der Waals surface area contributed by atoms with E-state index >= 15 is 0 Å². The molecule has 2 amide bonds. The Morgan fingerprint density at radius 3 is 2.59 bits per heavy atom. The van der Waals surface area contributed by atoms with Gasteiger partial charge in [0.15, 0.2) is 0 Å². The van der Waals surface area contributed by atoms with E-state index in [1.165, 1.54) is 23.9 Å². The van der Waals surface area contributed by atoms with Gasteiger partial charge < -0.3 is 15.0 Å². The van der Waals surface area contributed by atoms with Crippen molar-refractivity contribution >= 4 is 35.1 Å². The van der Waals surface area contributed by atoms with E-state index in [2.05, 4.69) is 5.32 Å². The number of alkyl carbamates (subject to hydrolysis) is 1. The van der Waals surface area contributed by atoms with Crippen LogP contribution >= 0.6 is 11.8 Å². The van der Waals surface area contributed by atoms with Crippen molar-refractivity contribution in [3.8, 4) is 0 Å². The molecule has 0 spiro atoms. The van der Waals surface area contributed by atoms with Gasteiger partial charge in [0.1, 0.15) is 5.60 Å². The fourth-order valence-electron chi connectivity index (χ4n) is 3.33. The zero-order valence-corrected chi connectivity index (χ0v) is 19.2.